The largest absolute Gasteiger partial charge is 0.332 e. The van der Waals surface area contributed by atoms with E-state index < -0.39 is 0 Å². The molecular formula is C25H37N5O2. The first-order valence-corrected chi connectivity index (χ1v) is 11.5. The second-order valence-corrected chi connectivity index (χ2v) is 10.1. The number of hydrogen-bond acceptors (Lipinski definition) is 4. The monoisotopic (exact) mass is 439 g/mol. The molecule has 2 amide bonds. The van der Waals surface area contributed by atoms with Crippen LogP contribution in [0.4, 0.5) is 5.82 Å². The third-order valence-electron chi connectivity index (χ3n) is 6.01. The van der Waals surface area contributed by atoms with Gasteiger partial charge < -0.3 is 15.1 Å². The first kappa shape index (κ1) is 24.0. The predicted octanol–water partition coefficient (Wildman–Crippen LogP) is 3.61. The highest BCUT2D eigenvalue weighted by atomic mass is 16.2. The zero-order valence-corrected chi connectivity index (χ0v) is 20.3. The number of anilines is 1. The van der Waals surface area contributed by atoms with E-state index in [2.05, 4.69) is 26.1 Å². The Balaban J connectivity index is 1.82. The molecule has 1 N–H and O–H groups in total. The first-order valence-electron chi connectivity index (χ1n) is 11.5. The number of likely N-dealkylation sites (N-methyl/N-ethyl adjacent to an activating group) is 1. The molecular weight excluding hydrogens is 402 g/mol. The molecule has 3 rings (SSSR count). The lowest BCUT2D eigenvalue weighted by molar-refractivity contribution is -0.140. The Morgan fingerprint density at radius 1 is 1.16 bits per heavy atom. The summed E-state index contributed by atoms with van der Waals surface area (Å²) >= 11 is 0. The average Bonchev–Trinajstić information content (AvgIpc) is 3.07. The fourth-order valence-corrected chi connectivity index (χ4v) is 3.68. The van der Waals surface area contributed by atoms with Crippen LogP contribution in [0.2, 0.25) is 0 Å². The number of aromatic nitrogens is 2. The number of amides is 2. The van der Waals surface area contributed by atoms with Crippen LogP contribution in [0.25, 0.3) is 5.69 Å². The maximum absolute atomic E-state index is 13.1. The molecule has 0 aliphatic heterocycles. The van der Waals surface area contributed by atoms with Gasteiger partial charge in [0.15, 0.2) is 0 Å². The molecule has 0 saturated heterocycles. The molecule has 0 bridgehead atoms. The van der Waals surface area contributed by atoms with Crippen molar-refractivity contribution >= 4 is 17.6 Å². The predicted molar refractivity (Wildman–Crippen MR) is 128 cm³/mol. The van der Waals surface area contributed by atoms with Gasteiger partial charge in [-0.25, -0.2) is 4.68 Å². The van der Waals surface area contributed by atoms with Crippen LogP contribution < -0.4 is 5.32 Å². The first-order chi connectivity index (χ1) is 15.1. The number of carbonyl (C=O) groups excluding carboxylic acids is 2. The molecule has 7 heteroatoms. The van der Waals surface area contributed by atoms with Gasteiger partial charge in [0.25, 0.3) is 0 Å². The lowest BCUT2D eigenvalue weighted by atomic mass is 9.84. The minimum atomic E-state index is -0.202. The second-order valence-electron chi connectivity index (χ2n) is 10.1. The smallest absolute Gasteiger partial charge is 0.245 e. The maximum atomic E-state index is 13.1. The molecule has 0 spiro atoms. The van der Waals surface area contributed by atoms with E-state index in [-0.39, 0.29) is 29.7 Å². The number of nitrogens with zero attached hydrogens (tertiary/aromatic N) is 4. The number of carbonyl (C=O) groups is 2. The number of rotatable bonds is 8. The molecule has 0 radical (unpaired) electrons. The third-order valence-corrected chi connectivity index (χ3v) is 6.01. The van der Waals surface area contributed by atoms with E-state index >= 15 is 0 Å². The molecule has 1 fully saturated rings. The van der Waals surface area contributed by atoms with Crippen molar-refractivity contribution in [2.45, 2.75) is 52.4 Å². The van der Waals surface area contributed by atoms with Gasteiger partial charge in [0.05, 0.1) is 17.9 Å². The molecule has 0 atom stereocenters. The van der Waals surface area contributed by atoms with E-state index in [1.54, 1.807) is 9.58 Å². The highest BCUT2D eigenvalue weighted by Gasteiger charge is 2.30. The highest BCUT2D eigenvalue weighted by molar-refractivity contribution is 5.94. The summed E-state index contributed by atoms with van der Waals surface area (Å²) in [6, 6.07) is 9.91. The van der Waals surface area contributed by atoms with E-state index in [0.29, 0.717) is 12.4 Å². The summed E-state index contributed by atoms with van der Waals surface area (Å²) in [5.74, 6) is 0.579. The molecule has 2 aromatic rings. The maximum Gasteiger partial charge on any atom is 0.245 e. The Kier molecular flexibility index (Phi) is 7.39. The Bertz CT molecular complexity index is 953. The van der Waals surface area contributed by atoms with Crippen molar-refractivity contribution < 1.29 is 9.59 Å². The van der Waals surface area contributed by atoms with Gasteiger partial charge in [-0.15, -0.1) is 0 Å². The molecule has 1 aliphatic rings. The van der Waals surface area contributed by atoms with E-state index in [9.17, 15) is 9.59 Å². The summed E-state index contributed by atoms with van der Waals surface area (Å²) in [7, 11) is 3.95. The fraction of sp³-hybridized carbons (Fsp3) is 0.560. The van der Waals surface area contributed by atoms with Crippen molar-refractivity contribution in [1.82, 2.24) is 19.6 Å². The number of benzene rings is 1. The quantitative estimate of drug-likeness (QED) is 0.682. The number of hydrogen-bond donors (Lipinski definition) is 1. The van der Waals surface area contributed by atoms with Gasteiger partial charge in [-0.2, -0.15) is 5.10 Å². The molecule has 1 aromatic heterocycles. The van der Waals surface area contributed by atoms with E-state index in [1.165, 1.54) is 0 Å². The van der Waals surface area contributed by atoms with Crippen molar-refractivity contribution in [1.29, 1.82) is 0 Å². The van der Waals surface area contributed by atoms with E-state index in [1.807, 2.05) is 56.3 Å². The number of nitrogens with one attached hydrogen (secondary N) is 1. The molecule has 1 heterocycles. The Labute approximate surface area is 191 Å². The number of para-hydroxylation sites is 1. The fourth-order valence-electron chi connectivity index (χ4n) is 3.68. The van der Waals surface area contributed by atoms with Crippen molar-refractivity contribution in [2.75, 3.05) is 39.0 Å². The summed E-state index contributed by atoms with van der Waals surface area (Å²) in [4.78, 5) is 29.7. The topological polar surface area (TPSA) is 70.5 Å². The van der Waals surface area contributed by atoms with E-state index in [4.69, 9.17) is 5.10 Å². The minimum Gasteiger partial charge on any atom is -0.332 e. The number of aryl methyl sites for hydroxylation is 1. The standard InChI is InChI=1S/C25H37N5O2/c1-18-10-7-8-13-20(18)30-22(16-21(27-30)25(2,3)4)26-23(31)17-29(15-14-28(5)6)24(32)19-11-9-12-19/h7-8,10,13,16,19H,9,11-12,14-15,17H2,1-6H3,(H,26,31). The SMILES string of the molecule is Cc1ccccc1-n1nc(C(C)(C)C)cc1NC(=O)CN(CCN(C)C)C(=O)C1CCC1. The summed E-state index contributed by atoms with van der Waals surface area (Å²) in [5.41, 5.74) is 2.73. The lowest BCUT2D eigenvalue weighted by Crippen LogP contribution is -2.45. The van der Waals surface area contributed by atoms with Crippen molar-refractivity contribution in [3.05, 3.63) is 41.6 Å². The van der Waals surface area contributed by atoms with Crippen LogP contribution in [0.15, 0.2) is 30.3 Å². The molecule has 7 nitrogen and oxygen atoms in total. The van der Waals surface area contributed by atoms with Crippen LogP contribution >= 0.6 is 0 Å². The Morgan fingerprint density at radius 2 is 1.84 bits per heavy atom. The normalized spacial score (nSPS) is 14.3. The van der Waals surface area contributed by atoms with Crippen LogP contribution in [0, 0.1) is 12.8 Å². The van der Waals surface area contributed by atoms with Gasteiger partial charge in [-0.05, 0) is 45.5 Å². The molecule has 1 saturated carbocycles. The van der Waals surface area contributed by atoms with Crippen LogP contribution in [0.1, 0.15) is 51.3 Å². The van der Waals surface area contributed by atoms with Crippen LogP contribution in [0.5, 0.6) is 0 Å². The molecule has 32 heavy (non-hydrogen) atoms. The molecule has 0 unspecified atom stereocenters. The minimum absolute atomic E-state index is 0.0486. The Hall–Kier alpha value is -2.67. The summed E-state index contributed by atoms with van der Waals surface area (Å²) < 4.78 is 1.80. The van der Waals surface area contributed by atoms with E-state index in [0.717, 1.165) is 42.8 Å². The highest BCUT2D eigenvalue weighted by Crippen LogP contribution is 2.29. The second kappa shape index (κ2) is 9.86. The van der Waals surface area contributed by atoms with Crippen LogP contribution in [-0.2, 0) is 15.0 Å². The van der Waals surface area contributed by atoms with Crippen LogP contribution in [-0.4, -0.2) is 65.1 Å². The summed E-state index contributed by atoms with van der Waals surface area (Å²) in [6.45, 7) is 9.64. The zero-order chi connectivity index (χ0) is 23.5. The lowest BCUT2D eigenvalue weighted by Gasteiger charge is -2.32. The van der Waals surface area contributed by atoms with Gasteiger partial charge in [-0.3, -0.25) is 9.59 Å². The van der Waals surface area contributed by atoms with Crippen LogP contribution in [0.3, 0.4) is 0 Å². The van der Waals surface area contributed by atoms with Gasteiger partial charge in [0.2, 0.25) is 11.8 Å². The third kappa shape index (κ3) is 5.76. The van der Waals surface area contributed by atoms with Crippen molar-refractivity contribution in [3.8, 4) is 5.69 Å². The van der Waals surface area contributed by atoms with Gasteiger partial charge >= 0.3 is 0 Å². The average molecular weight is 440 g/mol. The van der Waals surface area contributed by atoms with Crippen molar-refractivity contribution in [2.24, 2.45) is 5.92 Å². The molecule has 1 aliphatic carbocycles. The summed E-state index contributed by atoms with van der Waals surface area (Å²) in [5, 5.41) is 7.84. The molecule has 174 valence electrons. The van der Waals surface area contributed by atoms with Gasteiger partial charge in [0, 0.05) is 30.5 Å². The van der Waals surface area contributed by atoms with Gasteiger partial charge in [0.1, 0.15) is 5.82 Å². The van der Waals surface area contributed by atoms with Gasteiger partial charge in [-0.1, -0.05) is 45.4 Å². The zero-order valence-electron chi connectivity index (χ0n) is 20.3. The molecule has 1 aromatic carbocycles. The summed E-state index contributed by atoms with van der Waals surface area (Å²) in [6.07, 6.45) is 2.94. The van der Waals surface area contributed by atoms with Crippen molar-refractivity contribution in [3.63, 3.8) is 0 Å². The Morgan fingerprint density at radius 3 is 2.41 bits per heavy atom.